The Labute approximate surface area is 133 Å². The highest BCUT2D eigenvalue weighted by Crippen LogP contribution is 2.39. The zero-order valence-corrected chi connectivity index (χ0v) is 13.5. The van der Waals surface area contributed by atoms with Gasteiger partial charge in [0.05, 0.1) is 0 Å². The number of anilines is 1. The summed E-state index contributed by atoms with van der Waals surface area (Å²) in [7, 11) is 0. The van der Waals surface area contributed by atoms with Gasteiger partial charge >= 0.3 is 0 Å². The Morgan fingerprint density at radius 3 is 2.91 bits per heavy atom. The van der Waals surface area contributed by atoms with Crippen LogP contribution >= 0.6 is 0 Å². The zero-order valence-electron chi connectivity index (χ0n) is 13.5. The molecule has 0 aromatic heterocycles. The number of fused-ring (bicyclic) bond motifs is 1. The molecule has 3 heteroatoms. The van der Waals surface area contributed by atoms with Gasteiger partial charge in [-0.1, -0.05) is 12.1 Å². The first kappa shape index (κ1) is 14.3. The van der Waals surface area contributed by atoms with Gasteiger partial charge in [-0.15, -0.1) is 0 Å². The van der Waals surface area contributed by atoms with Gasteiger partial charge < -0.3 is 10.2 Å². The molecular formula is C19H26N2O. The first-order chi connectivity index (χ1) is 10.7. The van der Waals surface area contributed by atoms with Gasteiger partial charge in [-0.3, -0.25) is 4.79 Å². The third-order valence-corrected chi connectivity index (χ3v) is 5.45. The Morgan fingerprint density at radius 2 is 2.18 bits per heavy atom. The number of piperidine rings is 1. The molecule has 2 unspecified atom stereocenters. The molecule has 118 valence electrons. The molecule has 1 aliphatic carbocycles. The number of hydrogen-bond donors (Lipinski definition) is 1. The fourth-order valence-electron chi connectivity index (χ4n) is 4.11. The molecule has 0 bridgehead atoms. The molecule has 2 heterocycles. The Balaban J connectivity index is 1.52. The van der Waals surface area contributed by atoms with Crippen LogP contribution in [0.1, 0.15) is 43.7 Å². The van der Waals surface area contributed by atoms with Crippen molar-refractivity contribution in [2.75, 3.05) is 18.0 Å². The highest BCUT2D eigenvalue weighted by Gasteiger charge is 2.39. The molecule has 3 aliphatic rings. The summed E-state index contributed by atoms with van der Waals surface area (Å²) in [6.07, 6.45) is 7.01. The van der Waals surface area contributed by atoms with Crippen LogP contribution in [0.25, 0.3) is 0 Å². The standard InChI is InChI=1S/C19H26N2O/c1-13-9-17-11-14(10-15-3-2-8-20-12-15)4-7-18(17)21(13)19(22)16-5-6-16/h4,7,11,13,15-16,20H,2-3,5-6,8-10,12H2,1H3. The van der Waals surface area contributed by atoms with Crippen LogP contribution in [0, 0.1) is 11.8 Å². The van der Waals surface area contributed by atoms with E-state index in [9.17, 15) is 4.79 Å². The lowest BCUT2D eigenvalue weighted by Crippen LogP contribution is -2.36. The maximum absolute atomic E-state index is 12.5. The Morgan fingerprint density at radius 1 is 1.32 bits per heavy atom. The number of rotatable bonds is 3. The van der Waals surface area contributed by atoms with Gasteiger partial charge in [0.2, 0.25) is 5.91 Å². The van der Waals surface area contributed by atoms with Gasteiger partial charge in [-0.2, -0.15) is 0 Å². The molecule has 1 amide bonds. The predicted molar refractivity (Wildman–Crippen MR) is 89.1 cm³/mol. The van der Waals surface area contributed by atoms with E-state index in [4.69, 9.17) is 0 Å². The van der Waals surface area contributed by atoms with Gasteiger partial charge in [0.1, 0.15) is 0 Å². The van der Waals surface area contributed by atoms with Crippen LogP contribution in [0.5, 0.6) is 0 Å². The SMILES string of the molecule is CC1Cc2cc(CC3CCCNC3)ccc2N1C(=O)C1CC1. The highest BCUT2D eigenvalue weighted by molar-refractivity contribution is 5.98. The summed E-state index contributed by atoms with van der Waals surface area (Å²) in [6.45, 7) is 4.52. The molecule has 2 fully saturated rings. The molecule has 22 heavy (non-hydrogen) atoms. The molecule has 0 spiro atoms. The van der Waals surface area contributed by atoms with Crippen LogP contribution in [0.3, 0.4) is 0 Å². The number of carbonyl (C=O) groups is 1. The summed E-state index contributed by atoms with van der Waals surface area (Å²) in [5.41, 5.74) is 4.00. The van der Waals surface area contributed by atoms with Crippen molar-refractivity contribution < 1.29 is 4.79 Å². The molecule has 1 aromatic rings. The molecule has 1 saturated carbocycles. The summed E-state index contributed by atoms with van der Waals surface area (Å²) in [5.74, 6) is 1.44. The lowest BCUT2D eigenvalue weighted by atomic mass is 9.91. The number of benzene rings is 1. The second kappa shape index (κ2) is 5.69. The molecule has 1 aromatic carbocycles. The summed E-state index contributed by atoms with van der Waals surface area (Å²) in [5, 5.41) is 3.50. The first-order valence-electron chi connectivity index (χ1n) is 8.88. The molecule has 0 radical (unpaired) electrons. The second-order valence-electron chi connectivity index (χ2n) is 7.42. The molecule has 3 nitrogen and oxygen atoms in total. The largest absolute Gasteiger partial charge is 0.316 e. The average molecular weight is 298 g/mol. The topological polar surface area (TPSA) is 32.3 Å². The van der Waals surface area contributed by atoms with Crippen molar-refractivity contribution in [3.05, 3.63) is 29.3 Å². The van der Waals surface area contributed by atoms with Gasteiger partial charge in [0.25, 0.3) is 0 Å². The fraction of sp³-hybridized carbons (Fsp3) is 0.632. The Kier molecular flexibility index (Phi) is 3.69. The van der Waals surface area contributed by atoms with Crippen molar-refractivity contribution in [2.24, 2.45) is 11.8 Å². The molecule has 1 N–H and O–H groups in total. The van der Waals surface area contributed by atoms with E-state index in [0.29, 0.717) is 17.9 Å². The monoisotopic (exact) mass is 298 g/mol. The van der Waals surface area contributed by atoms with Crippen molar-refractivity contribution in [1.82, 2.24) is 5.32 Å². The van der Waals surface area contributed by atoms with E-state index < -0.39 is 0 Å². The minimum Gasteiger partial charge on any atom is -0.316 e. The van der Waals surface area contributed by atoms with Crippen LogP contribution < -0.4 is 10.2 Å². The Bertz CT molecular complexity index is 573. The highest BCUT2D eigenvalue weighted by atomic mass is 16.2. The average Bonchev–Trinajstić information content (AvgIpc) is 3.31. The predicted octanol–water partition coefficient (Wildman–Crippen LogP) is 2.92. The van der Waals surface area contributed by atoms with E-state index >= 15 is 0 Å². The second-order valence-corrected chi connectivity index (χ2v) is 7.42. The molecular weight excluding hydrogens is 272 g/mol. The lowest BCUT2D eigenvalue weighted by molar-refractivity contribution is -0.120. The van der Waals surface area contributed by atoms with Crippen LogP contribution in [0.15, 0.2) is 18.2 Å². The van der Waals surface area contributed by atoms with Gasteiger partial charge in [-0.05, 0) is 81.6 Å². The van der Waals surface area contributed by atoms with Crippen LogP contribution in [0.2, 0.25) is 0 Å². The summed E-state index contributed by atoms with van der Waals surface area (Å²) >= 11 is 0. The molecule has 4 rings (SSSR count). The fourth-order valence-corrected chi connectivity index (χ4v) is 4.11. The van der Waals surface area contributed by atoms with Gasteiger partial charge in [0.15, 0.2) is 0 Å². The minimum absolute atomic E-state index is 0.307. The van der Waals surface area contributed by atoms with E-state index in [-0.39, 0.29) is 0 Å². The lowest BCUT2D eigenvalue weighted by Gasteiger charge is -2.24. The smallest absolute Gasteiger partial charge is 0.230 e. The van der Waals surface area contributed by atoms with E-state index in [1.54, 1.807) is 0 Å². The third kappa shape index (κ3) is 2.67. The normalized spacial score (nSPS) is 27.8. The maximum Gasteiger partial charge on any atom is 0.230 e. The number of carbonyl (C=O) groups excluding carboxylic acids is 1. The van der Waals surface area contributed by atoms with Crippen molar-refractivity contribution in [1.29, 1.82) is 0 Å². The van der Waals surface area contributed by atoms with E-state index in [2.05, 4.69) is 35.3 Å². The first-order valence-corrected chi connectivity index (χ1v) is 8.88. The maximum atomic E-state index is 12.5. The minimum atomic E-state index is 0.307. The number of nitrogens with one attached hydrogen (secondary N) is 1. The van der Waals surface area contributed by atoms with Crippen molar-refractivity contribution >= 4 is 11.6 Å². The summed E-state index contributed by atoms with van der Waals surface area (Å²) in [4.78, 5) is 14.6. The van der Waals surface area contributed by atoms with Crippen LogP contribution in [-0.4, -0.2) is 25.0 Å². The van der Waals surface area contributed by atoms with Crippen molar-refractivity contribution in [2.45, 2.75) is 51.5 Å². The quantitative estimate of drug-likeness (QED) is 0.930. The number of nitrogens with zero attached hydrogens (tertiary/aromatic N) is 1. The summed E-state index contributed by atoms with van der Waals surface area (Å²) in [6, 6.07) is 7.14. The number of amides is 1. The van der Waals surface area contributed by atoms with E-state index in [1.165, 1.54) is 42.6 Å². The third-order valence-electron chi connectivity index (χ3n) is 5.45. The number of hydrogen-bond acceptors (Lipinski definition) is 2. The Hall–Kier alpha value is -1.35. The van der Waals surface area contributed by atoms with Crippen molar-refractivity contribution in [3.8, 4) is 0 Å². The van der Waals surface area contributed by atoms with E-state index in [0.717, 1.165) is 31.7 Å². The van der Waals surface area contributed by atoms with E-state index in [1.807, 2.05) is 0 Å². The van der Waals surface area contributed by atoms with Gasteiger partial charge in [0, 0.05) is 17.6 Å². The van der Waals surface area contributed by atoms with Crippen LogP contribution in [0.4, 0.5) is 5.69 Å². The zero-order chi connectivity index (χ0) is 15.1. The molecule has 2 aliphatic heterocycles. The van der Waals surface area contributed by atoms with Gasteiger partial charge in [-0.25, -0.2) is 0 Å². The molecule has 1 saturated heterocycles. The molecule has 2 atom stereocenters. The summed E-state index contributed by atoms with van der Waals surface area (Å²) < 4.78 is 0. The van der Waals surface area contributed by atoms with Crippen molar-refractivity contribution in [3.63, 3.8) is 0 Å². The van der Waals surface area contributed by atoms with Crippen LogP contribution in [-0.2, 0) is 17.6 Å².